The van der Waals surface area contributed by atoms with Crippen LogP contribution in [-0.2, 0) is 35.1 Å². The molecule has 17 heteroatoms. The molecule has 3 heterocycles. The van der Waals surface area contributed by atoms with Crippen molar-refractivity contribution >= 4 is 35.0 Å². The normalized spacial score (nSPS) is 21.7. The highest BCUT2D eigenvalue weighted by atomic mass is 19.4. The lowest BCUT2D eigenvalue weighted by Gasteiger charge is -2.32. The van der Waals surface area contributed by atoms with E-state index in [1.165, 1.54) is 0 Å². The molecule has 1 saturated heterocycles. The van der Waals surface area contributed by atoms with Crippen LogP contribution in [0.2, 0.25) is 0 Å². The number of hydrogen-bond donors (Lipinski definition) is 2. The summed E-state index contributed by atoms with van der Waals surface area (Å²) in [6.45, 7) is 3.36. The zero-order valence-corrected chi connectivity index (χ0v) is 20.2. The van der Waals surface area contributed by atoms with Gasteiger partial charge in [-0.1, -0.05) is 5.92 Å². The molecule has 1 amide bonds. The van der Waals surface area contributed by atoms with Crippen molar-refractivity contribution in [2.24, 2.45) is 0 Å². The number of aromatic nitrogens is 4. The minimum Gasteiger partial charge on any atom is -0.454 e. The predicted molar refractivity (Wildman–Crippen MR) is 118 cm³/mol. The van der Waals surface area contributed by atoms with Crippen LogP contribution in [0.1, 0.15) is 33.9 Å². The lowest BCUT2D eigenvalue weighted by atomic mass is 9.96. The third-order valence-corrected chi connectivity index (χ3v) is 5.35. The number of terminal acetylenes is 1. The number of rotatable bonds is 6. The third kappa shape index (κ3) is 5.25. The first-order valence-electron chi connectivity index (χ1n) is 10.7. The Morgan fingerprint density at radius 2 is 1.87 bits per heavy atom. The lowest BCUT2D eigenvalue weighted by Crippen LogP contribution is -2.48. The number of nitrogens with zero attached hydrogens (tertiary/aromatic N) is 3. The first-order valence-corrected chi connectivity index (χ1v) is 10.7. The maximum absolute atomic E-state index is 15.6. The third-order valence-electron chi connectivity index (χ3n) is 5.35. The van der Waals surface area contributed by atoms with Gasteiger partial charge in [0.2, 0.25) is 11.9 Å². The number of fused-ring (bicyclic) bond motifs is 1. The van der Waals surface area contributed by atoms with Gasteiger partial charge in [0.1, 0.15) is 11.7 Å². The second-order valence-electron chi connectivity index (χ2n) is 8.67. The van der Waals surface area contributed by atoms with Crippen LogP contribution in [0.3, 0.4) is 0 Å². The minimum absolute atomic E-state index is 0.420. The summed E-state index contributed by atoms with van der Waals surface area (Å²) in [5.41, 5.74) is -5.24. The number of imidazole rings is 1. The Bertz CT molecular complexity index is 1450. The molecule has 3 rings (SSSR count). The van der Waals surface area contributed by atoms with Gasteiger partial charge < -0.3 is 14.2 Å². The summed E-state index contributed by atoms with van der Waals surface area (Å²) in [5.74, 6) is -2.62. The number of ether oxygens (including phenoxy) is 3. The highest BCUT2D eigenvalue weighted by Crippen LogP contribution is 2.41. The van der Waals surface area contributed by atoms with E-state index in [-0.39, 0.29) is 0 Å². The zero-order valence-electron chi connectivity index (χ0n) is 20.2. The van der Waals surface area contributed by atoms with E-state index in [1.54, 1.807) is 0 Å². The monoisotopic (exact) mass is 547 g/mol. The smallest absolute Gasteiger partial charge is 0.454 e. The molecule has 0 bridgehead atoms. The molecule has 0 aliphatic carbocycles. The fourth-order valence-corrected chi connectivity index (χ4v) is 3.93. The number of esters is 2. The van der Waals surface area contributed by atoms with Crippen molar-refractivity contribution in [1.82, 2.24) is 19.1 Å². The van der Waals surface area contributed by atoms with Crippen LogP contribution in [-0.4, -0.2) is 67.1 Å². The van der Waals surface area contributed by atoms with Gasteiger partial charge in [0.05, 0.1) is 6.54 Å². The van der Waals surface area contributed by atoms with Crippen molar-refractivity contribution in [3.63, 3.8) is 0 Å². The first-order chi connectivity index (χ1) is 17.5. The van der Waals surface area contributed by atoms with Crippen molar-refractivity contribution in [1.29, 1.82) is 0 Å². The number of hydrogen-bond acceptors (Lipinski definition) is 9. The average molecular weight is 547 g/mol. The van der Waals surface area contributed by atoms with Gasteiger partial charge in [0.15, 0.2) is 29.7 Å². The number of H-pyrrole nitrogens is 1. The minimum atomic E-state index is -5.42. The second kappa shape index (κ2) is 9.93. The van der Waals surface area contributed by atoms with Crippen molar-refractivity contribution in [2.75, 3.05) is 5.32 Å². The number of aromatic amines is 1. The number of carbonyl (C=O) groups excluding carboxylic acids is 3. The fourth-order valence-electron chi connectivity index (χ4n) is 3.93. The summed E-state index contributed by atoms with van der Waals surface area (Å²) >= 11 is 0. The van der Waals surface area contributed by atoms with E-state index < -0.39 is 89.1 Å². The van der Waals surface area contributed by atoms with Crippen molar-refractivity contribution in [2.45, 2.75) is 70.6 Å². The fraction of sp³-hybridized carbons (Fsp3) is 0.524. The van der Waals surface area contributed by atoms with E-state index in [1.807, 2.05) is 0 Å². The molecule has 2 aromatic heterocycles. The molecule has 13 nitrogen and oxygen atoms in total. The standard InChI is InChI=1S/C21H21F4N5O8/c1-6-7-29-11-14(27-18(26-8(2)31)28-15(11)33)30(19(29)35)16-12(36-9(3)32)10(22)13(37-16)20(4,5)38-17(34)21(23,24)25/h1,10,12-13,16H,7H2,2-5H3,(H2,26,27,28,31,33)/t10-,12+,13-,16+/m0/s1. The molecule has 38 heavy (non-hydrogen) atoms. The molecule has 1 aliphatic rings. The Morgan fingerprint density at radius 1 is 1.24 bits per heavy atom. The van der Waals surface area contributed by atoms with Crippen LogP contribution >= 0.6 is 0 Å². The molecular formula is C21H21F4N5O8. The molecule has 2 N–H and O–H groups in total. The summed E-state index contributed by atoms with van der Waals surface area (Å²) < 4.78 is 70.4. The zero-order chi connectivity index (χ0) is 28.7. The molecular weight excluding hydrogens is 526 g/mol. The largest absolute Gasteiger partial charge is 0.490 e. The van der Waals surface area contributed by atoms with E-state index in [4.69, 9.17) is 15.9 Å². The number of amides is 1. The van der Waals surface area contributed by atoms with Gasteiger partial charge in [0.25, 0.3) is 5.56 Å². The molecule has 0 radical (unpaired) electrons. The number of halogens is 4. The molecule has 0 unspecified atom stereocenters. The van der Waals surface area contributed by atoms with E-state index in [0.29, 0.717) is 4.57 Å². The van der Waals surface area contributed by atoms with Crippen molar-refractivity contribution in [3.05, 3.63) is 20.8 Å². The summed E-state index contributed by atoms with van der Waals surface area (Å²) in [5, 5.41) is 2.20. The summed E-state index contributed by atoms with van der Waals surface area (Å²) in [6.07, 6.45) is -8.46. The summed E-state index contributed by atoms with van der Waals surface area (Å²) in [6, 6.07) is 0. The number of anilines is 1. The molecule has 2 aromatic rings. The Labute approximate surface area is 210 Å². The molecule has 0 aromatic carbocycles. The average Bonchev–Trinajstić information content (AvgIpc) is 3.21. The van der Waals surface area contributed by atoms with Gasteiger partial charge in [-0.25, -0.2) is 18.5 Å². The van der Waals surface area contributed by atoms with Gasteiger partial charge in [-0.2, -0.15) is 18.2 Å². The van der Waals surface area contributed by atoms with Gasteiger partial charge in [-0.05, 0) is 13.8 Å². The Hall–Kier alpha value is -4.20. The van der Waals surface area contributed by atoms with Crippen LogP contribution in [0.5, 0.6) is 0 Å². The molecule has 4 atom stereocenters. The topological polar surface area (TPSA) is 164 Å². The predicted octanol–water partition coefficient (Wildman–Crippen LogP) is 0.529. The molecule has 0 saturated carbocycles. The van der Waals surface area contributed by atoms with E-state index in [9.17, 15) is 37.1 Å². The second-order valence-corrected chi connectivity index (χ2v) is 8.67. The molecule has 0 spiro atoms. The van der Waals surface area contributed by atoms with E-state index >= 15 is 4.39 Å². The number of alkyl halides is 4. The van der Waals surface area contributed by atoms with Crippen LogP contribution in [0.15, 0.2) is 9.59 Å². The summed E-state index contributed by atoms with van der Waals surface area (Å²) in [7, 11) is 0. The Balaban J connectivity index is 2.23. The molecule has 206 valence electrons. The molecule has 1 aliphatic heterocycles. The van der Waals surface area contributed by atoms with Gasteiger partial charge in [-0.15, -0.1) is 6.42 Å². The van der Waals surface area contributed by atoms with Crippen LogP contribution in [0.25, 0.3) is 11.2 Å². The van der Waals surface area contributed by atoms with Crippen molar-refractivity contribution < 1.29 is 46.2 Å². The van der Waals surface area contributed by atoms with Crippen LogP contribution in [0.4, 0.5) is 23.5 Å². The van der Waals surface area contributed by atoms with Gasteiger partial charge in [0, 0.05) is 13.8 Å². The highest BCUT2D eigenvalue weighted by Gasteiger charge is 2.58. The lowest BCUT2D eigenvalue weighted by molar-refractivity contribution is -0.223. The summed E-state index contributed by atoms with van der Waals surface area (Å²) in [4.78, 5) is 67.0. The SMILES string of the molecule is C#CCn1c(=O)n([C@@H]2O[C@H](C(C)(C)OC(=O)C(F)(F)F)[C@@H](F)[C@H]2OC(C)=O)c2nc(NC(C)=O)[nH]c(=O)c21. The maximum Gasteiger partial charge on any atom is 0.490 e. The quantitative estimate of drug-likeness (QED) is 0.298. The maximum atomic E-state index is 15.6. The van der Waals surface area contributed by atoms with Crippen LogP contribution in [0, 0.1) is 12.3 Å². The van der Waals surface area contributed by atoms with Crippen LogP contribution < -0.4 is 16.6 Å². The van der Waals surface area contributed by atoms with Gasteiger partial charge >= 0.3 is 23.8 Å². The number of carbonyl (C=O) groups is 3. The molecule has 1 fully saturated rings. The van der Waals surface area contributed by atoms with E-state index in [0.717, 1.165) is 32.3 Å². The Kier molecular flexibility index (Phi) is 7.41. The van der Waals surface area contributed by atoms with Gasteiger partial charge in [-0.3, -0.25) is 29.3 Å². The van der Waals surface area contributed by atoms with Crippen molar-refractivity contribution in [3.8, 4) is 12.3 Å². The Morgan fingerprint density at radius 3 is 2.39 bits per heavy atom. The number of nitrogens with one attached hydrogen (secondary N) is 2. The highest BCUT2D eigenvalue weighted by molar-refractivity contribution is 5.87. The van der Waals surface area contributed by atoms with E-state index in [2.05, 4.69) is 25.9 Å². The first kappa shape index (κ1) is 28.4.